The summed E-state index contributed by atoms with van der Waals surface area (Å²) in [4.78, 5) is 20.5. The van der Waals surface area contributed by atoms with Gasteiger partial charge in [0.2, 0.25) is 17.6 Å². The maximum Gasteiger partial charge on any atom is 0.238 e. The highest BCUT2D eigenvalue weighted by molar-refractivity contribution is 9.10. The van der Waals surface area contributed by atoms with Gasteiger partial charge in [-0.25, -0.2) is 9.67 Å². The van der Waals surface area contributed by atoms with Gasteiger partial charge in [-0.1, -0.05) is 21.1 Å². The largest absolute Gasteiger partial charge is 0.461 e. The Morgan fingerprint density at radius 2 is 2.22 bits per heavy atom. The highest BCUT2D eigenvalue weighted by Crippen LogP contribution is 2.24. The fourth-order valence-corrected chi connectivity index (χ4v) is 2.80. The van der Waals surface area contributed by atoms with Crippen LogP contribution in [0.15, 0.2) is 62.7 Å². The van der Waals surface area contributed by atoms with Gasteiger partial charge in [-0.2, -0.15) is 10.1 Å². The van der Waals surface area contributed by atoms with E-state index in [4.69, 9.17) is 8.94 Å². The number of nitrogens with zero attached hydrogens (tertiary/aromatic N) is 5. The van der Waals surface area contributed by atoms with E-state index in [1.54, 1.807) is 29.2 Å². The number of nitrogens with one attached hydrogen (secondary N) is 1. The van der Waals surface area contributed by atoms with Crippen LogP contribution in [0.5, 0.6) is 0 Å². The standard InChI is InChI=1S/C17H13BrN6O3/c18-11-3-4-13(24-10-19-9-20-24)12(8-11)21-15(25)5-6-16-22-17(23-27-16)14-2-1-7-26-14/h1-4,7-10H,5-6H2,(H,21,25). The maximum atomic E-state index is 12.4. The van der Waals surface area contributed by atoms with Gasteiger partial charge in [0.25, 0.3) is 0 Å². The van der Waals surface area contributed by atoms with Crippen LogP contribution in [0.25, 0.3) is 17.3 Å². The van der Waals surface area contributed by atoms with Crippen molar-refractivity contribution in [1.29, 1.82) is 0 Å². The highest BCUT2D eigenvalue weighted by atomic mass is 79.9. The average molecular weight is 429 g/mol. The first-order valence-electron chi connectivity index (χ1n) is 8.00. The zero-order valence-electron chi connectivity index (χ0n) is 13.9. The van der Waals surface area contributed by atoms with E-state index in [2.05, 4.69) is 41.5 Å². The van der Waals surface area contributed by atoms with Gasteiger partial charge in [0.1, 0.15) is 12.7 Å². The Kier molecular flexibility index (Phi) is 4.79. The van der Waals surface area contributed by atoms with E-state index in [9.17, 15) is 4.79 Å². The fourth-order valence-electron chi connectivity index (χ4n) is 2.44. The van der Waals surface area contributed by atoms with Gasteiger partial charge in [-0.15, -0.1) is 0 Å². The molecule has 3 aromatic heterocycles. The molecule has 1 amide bonds. The summed E-state index contributed by atoms with van der Waals surface area (Å²) < 4.78 is 12.8. The van der Waals surface area contributed by atoms with Crippen LogP contribution in [-0.2, 0) is 11.2 Å². The van der Waals surface area contributed by atoms with Gasteiger partial charge in [0.05, 0.1) is 17.6 Å². The third-order valence-electron chi connectivity index (χ3n) is 3.67. The predicted molar refractivity (Wildman–Crippen MR) is 98.0 cm³/mol. The molecule has 0 unspecified atom stereocenters. The molecule has 0 saturated carbocycles. The summed E-state index contributed by atoms with van der Waals surface area (Å²) in [6, 6.07) is 8.98. The summed E-state index contributed by atoms with van der Waals surface area (Å²) in [6.07, 6.45) is 5.02. The summed E-state index contributed by atoms with van der Waals surface area (Å²) in [5.41, 5.74) is 1.32. The smallest absolute Gasteiger partial charge is 0.238 e. The number of hydrogen-bond donors (Lipinski definition) is 1. The van der Waals surface area contributed by atoms with Crippen molar-refractivity contribution >= 4 is 27.5 Å². The molecule has 1 aromatic carbocycles. The van der Waals surface area contributed by atoms with E-state index in [1.165, 1.54) is 12.6 Å². The van der Waals surface area contributed by atoms with Crippen LogP contribution in [0.3, 0.4) is 0 Å². The molecule has 10 heteroatoms. The minimum Gasteiger partial charge on any atom is -0.461 e. The number of aryl methyl sites for hydroxylation is 1. The lowest BCUT2D eigenvalue weighted by molar-refractivity contribution is -0.116. The Morgan fingerprint density at radius 1 is 1.30 bits per heavy atom. The molecule has 0 bridgehead atoms. The molecule has 0 aliphatic carbocycles. The molecule has 4 aromatic rings. The second-order valence-electron chi connectivity index (χ2n) is 5.54. The van der Waals surface area contributed by atoms with Gasteiger partial charge >= 0.3 is 0 Å². The van der Waals surface area contributed by atoms with Crippen molar-refractivity contribution in [3.63, 3.8) is 0 Å². The number of carbonyl (C=O) groups excluding carboxylic acids is 1. The molecule has 0 aliphatic heterocycles. The van der Waals surface area contributed by atoms with E-state index >= 15 is 0 Å². The van der Waals surface area contributed by atoms with E-state index < -0.39 is 0 Å². The van der Waals surface area contributed by atoms with Gasteiger partial charge in [-0.3, -0.25) is 4.79 Å². The Labute approximate surface area is 161 Å². The summed E-state index contributed by atoms with van der Waals surface area (Å²) >= 11 is 3.41. The number of hydrogen-bond acceptors (Lipinski definition) is 7. The van der Waals surface area contributed by atoms with Crippen LogP contribution in [0, 0.1) is 0 Å². The second-order valence-corrected chi connectivity index (χ2v) is 6.45. The molecule has 136 valence electrons. The first-order valence-corrected chi connectivity index (χ1v) is 8.79. The van der Waals surface area contributed by atoms with Crippen LogP contribution in [0.2, 0.25) is 0 Å². The van der Waals surface area contributed by atoms with Crippen molar-refractivity contribution in [3.8, 4) is 17.3 Å². The topological polar surface area (TPSA) is 112 Å². The summed E-state index contributed by atoms with van der Waals surface area (Å²) in [7, 11) is 0. The Bertz CT molecular complexity index is 1040. The Balaban J connectivity index is 1.42. The molecule has 3 heterocycles. The molecule has 27 heavy (non-hydrogen) atoms. The zero-order chi connectivity index (χ0) is 18.6. The number of halogens is 1. The van der Waals surface area contributed by atoms with Gasteiger partial charge < -0.3 is 14.3 Å². The van der Waals surface area contributed by atoms with Gasteiger partial charge in [0.15, 0.2) is 5.76 Å². The molecule has 0 atom stereocenters. The van der Waals surface area contributed by atoms with Crippen molar-refractivity contribution < 1.29 is 13.7 Å². The van der Waals surface area contributed by atoms with Crippen molar-refractivity contribution in [3.05, 3.63) is 59.6 Å². The number of aromatic nitrogens is 5. The first kappa shape index (κ1) is 17.2. The molecular weight excluding hydrogens is 416 g/mol. The highest BCUT2D eigenvalue weighted by Gasteiger charge is 2.14. The lowest BCUT2D eigenvalue weighted by atomic mass is 10.2. The predicted octanol–water partition coefficient (Wildman–Crippen LogP) is 3.24. The van der Waals surface area contributed by atoms with E-state index in [0.717, 1.165) is 4.47 Å². The van der Waals surface area contributed by atoms with Crippen LogP contribution < -0.4 is 5.32 Å². The number of benzene rings is 1. The molecule has 0 spiro atoms. The van der Waals surface area contributed by atoms with E-state index in [-0.39, 0.29) is 12.3 Å². The number of rotatable bonds is 6. The Morgan fingerprint density at radius 3 is 3.00 bits per heavy atom. The summed E-state index contributed by atoms with van der Waals surface area (Å²) in [6.45, 7) is 0. The molecule has 4 rings (SSSR count). The van der Waals surface area contributed by atoms with Crippen LogP contribution >= 0.6 is 15.9 Å². The number of anilines is 1. The monoisotopic (exact) mass is 428 g/mol. The number of amides is 1. The maximum absolute atomic E-state index is 12.4. The number of furan rings is 1. The molecule has 0 aliphatic rings. The minimum atomic E-state index is -0.188. The lowest BCUT2D eigenvalue weighted by Gasteiger charge is -2.11. The van der Waals surface area contributed by atoms with Crippen LogP contribution in [-0.4, -0.2) is 30.8 Å². The summed E-state index contributed by atoms with van der Waals surface area (Å²) in [5.74, 6) is 1.05. The SMILES string of the molecule is O=C(CCc1nc(-c2ccco2)no1)Nc1cc(Br)ccc1-n1cncn1. The van der Waals surface area contributed by atoms with E-state index in [1.807, 2.05) is 12.1 Å². The Hall–Kier alpha value is -3.27. The third-order valence-corrected chi connectivity index (χ3v) is 4.17. The molecule has 9 nitrogen and oxygen atoms in total. The number of carbonyl (C=O) groups is 1. The third kappa shape index (κ3) is 3.95. The zero-order valence-corrected chi connectivity index (χ0v) is 15.5. The molecular formula is C17H13BrN6O3. The molecule has 1 N–H and O–H groups in total. The van der Waals surface area contributed by atoms with Crippen LogP contribution in [0.4, 0.5) is 5.69 Å². The average Bonchev–Trinajstić information content (AvgIpc) is 3.41. The van der Waals surface area contributed by atoms with Crippen molar-refractivity contribution in [2.24, 2.45) is 0 Å². The van der Waals surface area contributed by atoms with Crippen LogP contribution in [0.1, 0.15) is 12.3 Å². The van der Waals surface area contributed by atoms with Crippen molar-refractivity contribution in [1.82, 2.24) is 24.9 Å². The molecule has 0 saturated heterocycles. The van der Waals surface area contributed by atoms with Crippen molar-refractivity contribution in [2.45, 2.75) is 12.8 Å². The second kappa shape index (κ2) is 7.54. The normalized spacial score (nSPS) is 10.9. The van der Waals surface area contributed by atoms with E-state index in [0.29, 0.717) is 35.3 Å². The molecule has 0 radical (unpaired) electrons. The van der Waals surface area contributed by atoms with Gasteiger partial charge in [0, 0.05) is 17.3 Å². The fraction of sp³-hybridized carbons (Fsp3) is 0.118. The van der Waals surface area contributed by atoms with Gasteiger partial charge in [-0.05, 0) is 30.3 Å². The van der Waals surface area contributed by atoms with Crippen molar-refractivity contribution in [2.75, 3.05) is 5.32 Å². The first-order chi connectivity index (χ1) is 13.2. The quantitative estimate of drug-likeness (QED) is 0.501. The lowest BCUT2D eigenvalue weighted by Crippen LogP contribution is -2.14. The molecule has 0 fully saturated rings. The summed E-state index contributed by atoms with van der Waals surface area (Å²) in [5, 5.41) is 10.8. The minimum absolute atomic E-state index is 0.184.